The second kappa shape index (κ2) is 8.87. The minimum atomic E-state index is -1.21. The number of nitrogens with one attached hydrogen (secondary N) is 1. The fourth-order valence-electron chi connectivity index (χ4n) is 1.25. The lowest BCUT2D eigenvalue weighted by atomic mass is 10.1. The quantitative estimate of drug-likeness (QED) is 0.456. The molecule has 0 amide bonds. The Bertz CT molecular complexity index is 561. The van der Waals surface area contributed by atoms with Gasteiger partial charge in [0, 0.05) is 28.9 Å². The van der Waals surface area contributed by atoms with Crippen LogP contribution in [0.15, 0.2) is 41.2 Å². The number of aromatic nitrogens is 1. The highest BCUT2D eigenvalue weighted by Crippen LogP contribution is 2.06. The van der Waals surface area contributed by atoms with Gasteiger partial charge in [-0.25, -0.2) is 0 Å². The van der Waals surface area contributed by atoms with Gasteiger partial charge in [0.05, 0.1) is 25.4 Å². The molecule has 0 atom stereocenters. The van der Waals surface area contributed by atoms with Gasteiger partial charge in [-0.15, -0.1) is 0 Å². The highest BCUT2D eigenvalue weighted by atomic mass is 27.0. The van der Waals surface area contributed by atoms with E-state index in [0.29, 0.717) is 0 Å². The van der Waals surface area contributed by atoms with Crippen LogP contribution in [0.3, 0.4) is 0 Å². The number of fused-ring (bicyclic) bond motifs is 1. The maximum Gasteiger partial charge on any atom is 0.248 e. The highest BCUT2D eigenvalue weighted by molar-refractivity contribution is 5.77. The van der Waals surface area contributed by atoms with Crippen molar-refractivity contribution in [3.8, 4) is 0 Å². The maximum atomic E-state index is 10.8. The molecule has 0 saturated heterocycles. The van der Waals surface area contributed by atoms with E-state index >= 15 is 0 Å². The number of para-hydroxylation sites is 1. The van der Waals surface area contributed by atoms with Crippen LogP contribution in [0.25, 0.3) is 10.9 Å². The standard InChI is InChI=1S/C9H7NO.C4H11NO3.Al/c11-9-6-5-7-3-1-2-4-8(7)10-9;5-4(1-6,2-7)3-8;/h1-6H,(H,10,11);6-8H,1-3,5H2;. The van der Waals surface area contributed by atoms with Crippen molar-refractivity contribution in [3.05, 3.63) is 46.8 Å². The molecule has 7 heteroatoms. The average Bonchev–Trinajstić information content (AvgIpc) is 2.47. The maximum absolute atomic E-state index is 10.8. The van der Waals surface area contributed by atoms with Crippen LogP contribution in [0, 0.1) is 0 Å². The van der Waals surface area contributed by atoms with Gasteiger partial charge in [-0.05, 0) is 17.5 Å². The van der Waals surface area contributed by atoms with E-state index in [-0.39, 0.29) is 22.9 Å². The summed E-state index contributed by atoms with van der Waals surface area (Å²) in [7, 11) is 0. The number of pyridine rings is 1. The molecule has 0 bridgehead atoms. The third-order valence-electron chi connectivity index (χ3n) is 2.58. The normalized spacial score (nSPS) is 10.4. The Balaban J connectivity index is 0.000000364. The summed E-state index contributed by atoms with van der Waals surface area (Å²) < 4.78 is 0. The molecule has 2 aromatic rings. The molecule has 0 aliphatic heterocycles. The molecule has 0 unspecified atom stereocenters. The van der Waals surface area contributed by atoms with Crippen LogP contribution in [0.2, 0.25) is 0 Å². The summed E-state index contributed by atoms with van der Waals surface area (Å²) in [5.41, 5.74) is 4.77. The summed E-state index contributed by atoms with van der Waals surface area (Å²) in [4.78, 5) is 13.6. The molecule has 1 heterocycles. The largest absolute Gasteiger partial charge is 0.394 e. The summed E-state index contributed by atoms with van der Waals surface area (Å²) in [6, 6.07) is 11.0. The zero-order valence-corrected chi connectivity index (χ0v) is 12.1. The first-order valence-corrected chi connectivity index (χ1v) is 5.74. The predicted molar refractivity (Wildman–Crippen MR) is 78.5 cm³/mol. The van der Waals surface area contributed by atoms with E-state index in [1.165, 1.54) is 6.07 Å². The molecule has 6 N–H and O–H groups in total. The molecule has 20 heavy (non-hydrogen) atoms. The second-order valence-corrected chi connectivity index (χ2v) is 4.25. The van der Waals surface area contributed by atoms with Crippen LogP contribution in [0.5, 0.6) is 0 Å². The Hall–Kier alpha value is -1.20. The van der Waals surface area contributed by atoms with Crippen LogP contribution >= 0.6 is 0 Å². The number of benzene rings is 1. The van der Waals surface area contributed by atoms with Gasteiger partial charge in [0.1, 0.15) is 0 Å². The monoisotopic (exact) mass is 293 g/mol. The zero-order valence-electron chi connectivity index (χ0n) is 11.0. The first kappa shape index (κ1) is 18.8. The molecule has 107 valence electrons. The van der Waals surface area contributed by atoms with Gasteiger partial charge < -0.3 is 26.0 Å². The third kappa shape index (κ3) is 5.43. The number of aliphatic hydroxyl groups is 3. The number of rotatable bonds is 3. The molecule has 2 rings (SSSR count). The molecular formula is C13H18AlN2O4. The van der Waals surface area contributed by atoms with Crippen molar-refractivity contribution >= 4 is 28.3 Å². The first-order chi connectivity index (χ1) is 9.04. The van der Waals surface area contributed by atoms with Gasteiger partial charge >= 0.3 is 0 Å². The van der Waals surface area contributed by atoms with Crippen LogP contribution in [0.4, 0.5) is 0 Å². The van der Waals surface area contributed by atoms with Crippen molar-refractivity contribution in [1.82, 2.24) is 4.98 Å². The van der Waals surface area contributed by atoms with Crippen molar-refractivity contribution in [2.24, 2.45) is 5.73 Å². The van der Waals surface area contributed by atoms with E-state index in [9.17, 15) is 4.79 Å². The molecule has 1 aromatic carbocycles. The first-order valence-electron chi connectivity index (χ1n) is 5.74. The van der Waals surface area contributed by atoms with Crippen LogP contribution < -0.4 is 11.3 Å². The molecule has 0 aliphatic rings. The third-order valence-corrected chi connectivity index (χ3v) is 2.58. The minimum absolute atomic E-state index is 0. The topological polar surface area (TPSA) is 120 Å². The summed E-state index contributed by atoms with van der Waals surface area (Å²) in [6.07, 6.45) is 0. The number of hydrogen-bond acceptors (Lipinski definition) is 5. The van der Waals surface area contributed by atoms with E-state index in [4.69, 9.17) is 21.1 Å². The van der Waals surface area contributed by atoms with Crippen LogP contribution in [-0.4, -0.2) is 63.0 Å². The molecule has 6 nitrogen and oxygen atoms in total. The van der Waals surface area contributed by atoms with Gasteiger partial charge in [-0.1, -0.05) is 18.2 Å². The van der Waals surface area contributed by atoms with Gasteiger partial charge in [-0.3, -0.25) is 4.79 Å². The minimum Gasteiger partial charge on any atom is -0.394 e. The molecule has 1 aromatic heterocycles. The molecule has 3 radical (unpaired) electrons. The Morgan fingerprint density at radius 2 is 1.55 bits per heavy atom. The summed E-state index contributed by atoms with van der Waals surface area (Å²) in [5.74, 6) is 0. The van der Waals surface area contributed by atoms with Crippen molar-refractivity contribution < 1.29 is 15.3 Å². The van der Waals surface area contributed by atoms with Crippen molar-refractivity contribution in [2.45, 2.75) is 5.54 Å². The van der Waals surface area contributed by atoms with Gasteiger partial charge in [-0.2, -0.15) is 0 Å². The Morgan fingerprint density at radius 3 is 2.05 bits per heavy atom. The van der Waals surface area contributed by atoms with E-state index in [1.807, 2.05) is 30.3 Å². The Morgan fingerprint density at radius 1 is 1.00 bits per heavy atom. The number of nitrogens with two attached hydrogens (primary N) is 1. The van der Waals surface area contributed by atoms with Gasteiger partial charge in [0.2, 0.25) is 5.56 Å². The van der Waals surface area contributed by atoms with Gasteiger partial charge in [0.25, 0.3) is 0 Å². The van der Waals surface area contributed by atoms with Crippen molar-refractivity contribution in [3.63, 3.8) is 0 Å². The summed E-state index contributed by atoms with van der Waals surface area (Å²) in [6.45, 7) is -1.21. The zero-order chi connectivity index (χ0) is 14.3. The summed E-state index contributed by atoms with van der Waals surface area (Å²) >= 11 is 0. The highest BCUT2D eigenvalue weighted by Gasteiger charge is 2.20. The number of aliphatic hydroxyl groups excluding tert-OH is 3. The molecule has 0 fully saturated rings. The number of hydrogen-bond donors (Lipinski definition) is 5. The molecule has 0 saturated carbocycles. The Kier molecular flexibility index (Phi) is 8.34. The van der Waals surface area contributed by atoms with Crippen LogP contribution in [-0.2, 0) is 0 Å². The fourth-order valence-corrected chi connectivity index (χ4v) is 1.25. The van der Waals surface area contributed by atoms with Gasteiger partial charge in [0.15, 0.2) is 0 Å². The van der Waals surface area contributed by atoms with E-state index < -0.39 is 25.4 Å². The molecule has 0 aliphatic carbocycles. The Labute approximate surface area is 127 Å². The van der Waals surface area contributed by atoms with Crippen LogP contribution in [0.1, 0.15) is 0 Å². The number of H-pyrrole nitrogens is 1. The van der Waals surface area contributed by atoms with E-state index in [2.05, 4.69) is 4.98 Å². The lowest BCUT2D eigenvalue weighted by Gasteiger charge is -2.20. The lowest BCUT2D eigenvalue weighted by Crippen LogP contribution is -2.50. The van der Waals surface area contributed by atoms with Crippen molar-refractivity contribution in [2.75, 3.05) is 19.8 Å². The summed E-state index contributed by atoms with van der Waals surface area (Å²) in [5, 5.41) is 26.1. The predicted octanol–water partition coefficient (Wildman–Crippen LogP) is -1.19. The molecular weight excluding hydrogens is 275 g/mol. The molecule has 0 spiro atoms. The fraction of sp³-hybridized carbons (Fsp3) is 0.308. The number of aromatic amines is 1. The average molecular weight is 293 g/mol. The van der Waals surface area contributed by atoms with Crippen molar-refractivity contribution in [1.29, 1.82) is 0 Å². The smallest absolute Gasteiger partial charge is 0.248 e. The lowest BCUT2D eigenvalue weighted by molar-refractivity contribution is 0.0698. The second-order valence-electron chi connectivity index (χ2n) is 4.25. The van der Waals surface area contributed by atoms with E-state index in [1.54, 1.807) is 0 Å². The SMILES string of the molecule is NC(CO)(CO)CO.O=c1ccc2ccccc2[nH]1.[Al]. The van der Waals surface area contributed by atoms with E-state index in [0.717, 1.165) is 10.9 Å².